The smallest absolute Gasteiger partial charge is 0.222 e. The zero-order valence-corrected chi connectivity index (χ0v) is 11.2. The standard InChI is InChI=1S/C13H15N7/c1-9-2-3-11-10(8-9)15-12(13-16-17-18-20(11)13)19-6-4-14-5-7-19/h2-3,8,14H,4-7H2,1H3. The van der Waals surface area contributed by atoms with Gasteiger partial charge in [0.05, 0.1) is 11.0 Å². The quantitative estimate of drug-likeness (QED) is 0.689. The van der Waals surface area contributed by atoms with Crippen LogP contribution < -0.4 is 10.2 Å². The molecule has 1 fully saturated rings. The van der Waals surface area contributed by atoms with E-state index in [4.69, 9.17) is 4.98 Å². The molecule has 1 saturated heterocycles. The number of anilines is 1. The minimum atomic E-state index is 0.725. The molecule has 0 saturated carbocycles. The minimum absolute atomic E-state index is 0.725. The highest BCUT2D eigenvalue weighted by atomic mass is 15.5. The van der Waals surface area contributed by atoms with Gasteiger partial charge in [-0.25, -0.2) is 4.98 Å². The van der Waals surface area contributed by atoms with Crippen molar-refractivity contribution in [3.63, 3.8) is 0 Å². The van der Waals surface area contributed by atoms with E-state index in [1.807, 2.05) is 6.07 Å². The molecule has 0 atom stereocenters. The van der Waals surface area contributed by atoms with Gasteiger partial charge in [-0.05, 0) is 35.0 Å². The number of piperazine rings is 1. The zero-order chi connectivity index (χ0) is 13.5. The van der Waals surface area contributed by atoms with Crippen molar-refractivity contribution in [1.29, 1.82) is 0 Å². The predicted molar refractivity (Wildman–Crippen MR) is 75.9 cm³/mol. The highest BCUT2D eigenvalue weighted by Gasteiger charge is 2.19. The van der Waals surface area contributed by atoms with E-state index >= 15 is 0 Å². The first-order chi connectivity index (χ1) is 9.83. The SMILES string of the molecule is Cc1ccc2c(c1)nc(N1CCNCC1)c1nnnn12. The summed E-state index contributed by atoms with van der Waals surface area (Å²) in [6, 6.07) is 6.14. The van der Waals surface area contributed by atoms with Crippen molar-refractivity contribution in [2.75, 3.05) is 31.1 Å². The number of hydrogen-bond acceptors (Lipinski definition) is 6. The highest BCUT2D eigenvalue weighted by molar-refractivity contribution is 5.82. The molecule has 102 valence electrons. The number of benzene rings is 1. The number of nitrogens with zero attached hydrogens (tertiary/aromatic N) is 6. The van der Waals surface area contributed by atoms with Crippen molar-refractivity contribution >= 4 is 22.5 Å². The van der Waals surface area contributed by atoms with Crippen molar-refractivity contribution < 1.29 is 0 Å². The lowest BCUT2D eigenvalue weighted by molar-refractivity contribution is 0.586. The Morgan fingerprint density at radius 3 is 2.90 bits per heavy atom. The fourth-order valence-corrected chi connectivity index (χ4v) is 2.64. The second-order valence-electron chi connectivity index (χ2n) is 5.08. The van der Waals surface area contributed by atoms with E-state index in [1.165, 1.54) is 5.56 Å². The van der Waals surface area contributed by atoms with Crippen LogP contribution >= 0.6 is 0 Å². The highest BCUT2D eigenvalue weighted by Crippen LogP contribution is 2.23. The Morgan fingerprint density at radius 2 is 2.05 bits per heavy atom. The van der Waals surface area contributed by atoms with Crippen LogP contribution in [-0.4, -0.2) is 51.2 Å². The van der Waals surface area contributed by atoms with Crippen LogP contribution in [-0.2, 0) is 0 Å². The van der Waals surface area contributed by atoms with Gasteiger partial charge in [-0.1, -0.05) is 6.07 Å². The van der Waals surface area contributed by atoms with Gasteiger partial charge in [-0.15, -0.1) is 5.10 Å². The molecular formula is C13H15N7. The summed E-state index contributed by atoms with van der Waals surface area (Å²) >= 11 is 0. The number of fused-ring (bicyclic) bond motifs is 3. The molecule has 3 heterocycles. The van der Waals surface area contributed by atoms with E-state index in [0.717, 1.165) is 48.7 Å². The molecule has 0 bridgehead atoms. The molecular weight excluding hydrogens is 254 g/mol. The third-order valence-corrected chi connectivity index (χ3v) is 3.67. The van der Waals surface area contributed by atoms with Gasteiger partial charge in [-0.2, -0.15) is 4.52 Å². The summed E-state index contributed by atoms with van der Waals surface area (Å²) in [7, 11) is 0. The summed E-state index contributed by atoms with van der Waals surface area (Å²) in [4.78, 5) is 7.03. The largest absolute Gasteiger partial charge is 0.351 e. The Bertz CT molecular complexity index is 773. The summed E-state index contributed by atoms with van der Waals surface area (Å²) in [5.74, 6) is 0.870. The molecule has 20 heavy (non-hydrogen) atoms. The summed E-state index contributed by atoms with van der Waals surface area (Å²) < 4.78 is 1.78. The second kappa shape index (κ2) is 4.38. The lowest BCUT2D eigenvalue weighted by atomic mass is 10.2. The molecule has 1 aliphatic heterocycles. The Labute approximate surface area is 115 Å². The summed E-state index contributed by atoms with van der Waals surface area (Å²) in [5.41, 5.74) is 3.78. The molecule has 4 rings (SSSR count). The Kier molecular flexibility index (Phi) is 2.53. The van der Waals surface area contributed by atoms with Crippen molar-refractivity contribution in [3.05, 3.63) is 23.8 Å². The first-order valence-corrected chi connectivity index (χ1v) is 6.77. The van der Waals surface area contributed by atoms with Gasteiger partial charge in [0.1, 0.15) is 0 Å². The van der Waals surface area contributed by atoms with Gasteiger partial charge in [0.2, 0.25) is 5.65 Å². The number of hydrogen-bond donors (Lipinski definition) is 1. The molecule has 1 aromatic carbocycles. The van der Waals surface area contributed by atoms with Gasteiger partial charge < -0.3 is 10.2 Å². The third-order valence-electron chi connectivity index (χ3n) is 3.67. The number of aromatic nitrogens is 5. The first kappa shape index (κ1) is 11.5. The fourth-order valence-electron chi connectivity index (χ4n) is 2.64. The Morgan fingerprint density at radius 1 is 1.20 bits per heavy atom. The van der Waals surface area contributed by atoms with Crippen molar-refractivity contribution in [3.8, 4) is 0 Å². The summed E-state index contributed by atoms with van der Waals surface area (Å²) in [6.07, 6.45) is 0. The third kappa shape index (κ3) is 1.70. The number of nitrogens with one attached hydrogen (secondary N) is 1. The van der Waals surface area contributed by atoms with E-state index in [1.54, 1.807) is 4.52 Å². The van der Waals surface area contributed by atoms with Gasteiger partial charge in [0.25, 0.3) is 0 Å². The molecule has 1 N–H and O–H groups in total. The molecule has 0 aliphatic carbocycles. The normalized spacial score (nSPS) is 16.1. The molecule has 0 radical (unpaired) electrons. The molecule has 7 nitrogen and oxygen atoms in total. The van der Waals surface area contributed by atoms with Crippen LogP contribution in [0.1, 0.15) is 5.56 Å². The van der Waals surface area contributed by atoms with E-state index in [2.05, 4.69) is 44.8 Å². The lowest BCUT2D eigenvalue weighted by Gasteiger charge is -2.28. The van der Waals surface area contributed by atoms with Crippen molar-refractivity contribution in [2.24, 2.45) is 0 Å². The molecule has 2 aromatic heterocycles. The van der Waals surface area contributed by atoms with Gasteiger partial charge in [-0.3, -0.25) is 0 Å². The van der Waals surface area contributed by atoms with Crippen LogP contribution in [0, 0.1) is 6.92 Å². The first-order valence-electron chi connectivity index (χ1n) is 6.77. The van der Waals surface area contributed by atoms with Gasteiger partial charge in [0.15, 0.2) is 5.82 Å². The average molecular weight is 269 g/mol. The molecule has 0 amide bonds. The maximum Gasteiger partial charge on any atom is 0.222 e. The van der Waals surface area contributed by atoms with Crippen LogP contribution in [0.3, 0.4) is 0 Å². The number of rotatable bonds is 1. The summed E-state index contributed by atoms with van der Waals surface area (Å²) in [5, 5.41) is 15.4. The minimum Gasteiger partial charge on any atom is -0.351 e. The Hall–Kier alpha value is -2.28. The van der Waals surface area contributed by atoms with Crippen LogP contribution in [0.5, 0.6) is 0 Å². The monoisotopic (exact) mass is 269 g/mol. The van der Waals surface area contributed by atoms with Crippen molar-refractivity contribution in [2.45, 2.75) is 6.92 Å². The van der Waals surface area contributed by atoms with E-state index < -0.39 is 0 Å². The maximum atomic E-state index is 4.79. The topological polar surface area (TPSA) is 71.2 Å². The maximum absolute atomic E-state index is 4.79. The van der Waals surface area contributed by atoms with Gasteiger partial charge in [0, 0.05) is 26.2 Å². The van der Waals surface area contributed by atoms with E-state index in [-0.39, 0.29) is 0 Å². The molecule has 1 aliphatic rings. The molecule has 3 aromatic rings. The van der Waals surface area contributed by atoms with Crippen LogP contribution in [0.15, 0.2) is 18.2 Å². The second-order valence-corrected chi connectivity index (χ2v) is 5.08. The van der Waals surface area contributed by atoms with Crippen LogP contribution in [0.2, 0.25) is 0 Å². The number of tetrazole rings is 1. The van der Waals surface area contributed by atoms with Crippen LogP contribution in [0.25, 0.3) is 16.7 Å². The van der Waals surface area contributed by atoms with Crippen molar-refractivity contribution in [1.82, 2.24) is 30.3 Å². The van der Waals surface area contributed by atoms with Gasteiger partial charge >= 0.3 is 0 Å². The van der Waals surface area contributed by atoms with E-state index in [0.29, 0.717) is 0 Å². The zero-order valence-electron chi connectivity index (χ0n) is 11.2. The number of aryl methyl sites for hydroxylation is 1. The summed E-state index contributed by atoms with van der Waals surface area (Å²) in [6.45, 7) is 5.83. The lowest BCUT2D eigenvalue weighted by Crippen LogP contribution is -2.44. The van der Waals surface area contributed by atoms with E-state index in [9.17, 15) is 0 Å². The average Bonchev–Trinajstić information content (AvgIpc) is 2.96. The Balaban J connectivity index is 1.99. The molecule has 0 spiro atoms. The fraction of sp³-hybridized carbons (Fsp3) is 0.385. The molecule has 0 unspecified atom stereocenters. The molecule has 7 heteroatoms. The van der Waals surface area contributed by atoms with Crippen LogP contribution in [0.4, 0.5) is 5.82 Å². The predicted octanol–water partition coefficient (Wildman–Crippen LogP) is 0.391.